The lowest BCUT2D eigenvalue weighted by Crippen LogP contribution is -2.05. The number of non-ortho nitro benzene ring substituents is 1. The molecule has 0 atom stereocenters. The summed E-state index contributed by atoms with van der Waals surface area (Å²) < 4.78 is 31.1. The Balaban J connectivity index is 1.87. The Morgan fingerprint density at radius 3 is 2.81 bits per heavy atom. The summed E-state index contributed by atoms with van der Waals surface area (Å²) in [5.41, 5.74) is 4.09. The molecule has 0 fully saturated rings. The van der Waals surface area contributed by atoms with Crippen molar-refractivity contribution in [3.63, 3.8) is 0 Å². The highest BCUT2D eigenvalue weighted by molar-refractivity contribution is 5.85. The molecule has 134 valence electrons. The first-order chi connectivity index (χ1) is 12.5. The third kappa shape index (κ3) is 3.58. The van der Waals surface area contributed by atoms with E-state index in [1.54, 1.807) is 11.6 Å². The quantitative estimate of drug-likeness (QED) is 0.412. The lowest BCUT2D eigenvalue weighted by molar-refractivity contribution is -0.384. The zero-order valence-electron chi connectivity index (χ0n) is 13.5. The number of para-hydroxylation sites is 2. The second-order valence-corrected chi connectivity index (χ2v) is 5.21. The van der Waals surface area contributed by atoms with Crippen molar-refractivity contribution in [3.8, 4) is 5.75 Å². The van der Waals surface area contributed by atoms with Gasteiger partial charge in [0.1, 0.15) is 5.75 Å². The highest BCUT2D eigenvalue weighted by Gasteiger charge is 2.14. The molecule has 3 rings (SSSR count). The fraction of sp³-hybridized carbons (Fsp3) is 0.125. The molecule has 0 aliphatic heterocycles. The van der Waals surface area contributed by atoms with E-state index in [4.69, 9.17) is 0 Å². The second-order valence-electron chi connectivity index (χ2n) is 5.21. The average Bonchev–Trinajstić information content (AvgIpc) is 2.92. The van der Waals surface area contributed by atoms with Gasteiger partial charge in [0.05, 0.1) is 22.2 Å². The van der Waals surface area contributed by atoms with Crippen molar-refractivity contribution >= 4 is 28.9 Å². The largest absolute Gasteiger partial charge is 0.434 e. The van der Waals surface area contributed by atoms with E-state index in [1.807, 2.05) is 24.3 Å². The van der Waals surface area contributed by atoms with Crippen molar-refractivity contribution in [1.82, 2.24) is 9.55 Å². The molecule has 3 aromatic rings. The number of benzene rings is 2. The number of hydrazone groups is 1. The van der Waals surface area contributed by atoms with Gasteiger partial charge < -0.3 is 9.30 Å². The standard InChI is InChI=1S/C16H13F2N5O3/c1-22-13-5-3-2-4-12(13)20-16(22)21-19-9-10-8-11(23(24)25)6-7-14(10)26-15(17)18/h2-9,15H,1H3,(H,20,21)/b19-9-. The number of anilines is 1. The number of nitrogens with zero attached hydrogens (tertiary/aromatic N) is 4. The van der Waals surface area contributed by atoms with Gasteiger partial charge in [-0.3, -0.25) is 10.1 Å². The second kappa shape index (κ2) is 7.13. The van der Waals surface area contributed by atoms with E-state index in [2.05, 4.69) is 20.2 Å². The molecule has 0 unspecified atom stereocenters. The Labute approximate surface area is 145 Å². The number of alkyl halides is 2. The zero-order valence-corrected chi connectivity index (χ0v) is 13.5. The lowest BCUT2D eigenvalue weighted by Gasteiger charge is -2.07. The summed E-state index contributed by atoms with van der Waals surface area (Å²) in [7, 11) is 1.78. The van der Waals surface area contributed by atoms with Gasteiger partial charge in [0.2, 0.25) is 5.95 Å². The topological polar surface area (TPSA) is 94.6 Å². The van der Waals surface area contributed by atoms with Gasteiger partial charge >= 0.3 is 6.61 Å². The van der Waals surface area contributed by atoms with Gasteiger partial charge in [-0.1, -0.05) is 12.1 Å². The number of nitro benzene ring substituents is 1. The van der Waals surface area contributed by atoms with E-state index in [-0.39, 0.29) is 17.0 Å². The summed E-state index contributed by atoms with van der Waals surface area (Å²) in [4.78, 5) is 14.6. The number of ether oxygens (including phenoxy) is 1. The number of nitrogens with one attached hydrogen (secondary N) is 1. The van der Waals surface area contributed by atoms with Crippen LogP contribution in [0.4, 0.5) is 20.4 Å². The fourth-order valence-corrected chi connectivity index (χ4v) is 2.36. The smallest absolute Gasteiger partial charge is 0.387 e. The van der Waals surface area contributed by atoms with Gasteiger partial charge in [0, 0.05) is 24.7 Å². The monoisotopic (exact) mass is 361 g/mol. The Kier molecular flexibility index (Phi) is 4.74. The number of rotatable bonds is 6. The normalized spacial score (nSPS) is 11.4. The van der Waals surface area contributed by atoms with Crippen LogP contribution in [0.1, 0.15) is 5.56 Å². The summed E-state index contributed by atoms with van der Waals surface area (Å²) in [6.07, 6.45) is 1.16. The van der Waals surface area contributed by atoms with E-state index >= 15 is 0 Å². The lowest BCUT2D eigenvalue weighted by atomic mass is 10.2. The maximum absolute atomic E-state index is 12.5. The Morgan fingerprint density at radius 2 is 2.12 bits per heavy atom. The van der Waals surface area contributed by atoms with Crippen LogP contribution < -0.4 is 10.2 Å². The first-order valence-corrected chi connectivity index (χ1v) is 7.39. The summed E-state index contributed by atoms with van der Waals surface area (Å²) in [6, 6.07) is 10.7. The minimum absolute atomic E-state index is 0.0331. The Bertz CT molecular complexity index is 987. The summed E-state index contributed by atoms with van der Waals surface area (Å²) in [5, 5.41) is 14.8. The molecule has 0 aliphatic carbocycles. The number of imidazole rings is 1. The van der Waals surface area contributed by atoms with Gasteiger partial charge in [0.25, 0.3) is 5.69 Å². The van der Waals surface area contributed by atoms with Crippen LogP contribution in [0, 0.1) is 10.1 Å². The summed E-state index contributed by atoms with van der Waals surface area (Å²) in [6.45, 7) is -3.06. The fourth-order valence-electron chi connectivity index (χ4n) is 2.36. The maximum atomic E-state index is 12.5. The van der Waals surface area contributed by atoms with Crippen molar-refractivity contribution < 1.29 is 18.4 Å². The molecule has 10 heteroatoms. The first-order valence-electron chi connectivity index (χ1n) is 7.39. The molecule has 1 aromatic heterocycles. The molecule has 0 amide bonds. The van der Waals surface area contributed by atoms with Crippen LogP contribution in [0.15, 0.2) is 47.6 Å². The molecule has 0 bridgehead atoms. The Hall–Kier alpha value is -3.56. The zero-order chi connectivity index (χ0) is 18.7. The number of halogens is 2. The van der Waals surface area contributed by atoms with E-state index in [0.29, 0.717) is 5.95 Å². The number of hydrogen-bond donors (Lipinski definition) is 1. The van der Waals surface area contributed by atoms with Crippen molar-refractivity contribution in [1.29, 1.82) is 0 Å². The molecular weight excluding hydrogens is 348 g/mol. The predicted molar refractivity (Wildman–Crippen MR) is 91.7 cm³/mol. The van der Waals surface area contributed by atoms with Crippen LogP contribution in [-0.2, 0) is 7.05 Å². The molecular formula is C16H13F2N5O3. The number of nitro groups is 1. The molecule has 26 heavy (non-hydrogen) atoms. The minimum Gasteiger partial charge on any atom is -0.434 e. The SMILES string of the molecule is Cn1c(N/N=C\c2cc([N+](=O)[O-])ccc2OC(F)F)nc2ccccc21. The van der Waals surface area contributed by atoms with Gasteiger partial charge in [0.15, 0.2) is 0 Å². The molecule has 0 radical (unpaired) electrons. The van der Waals surface area contributed by atoms with Gasteiger partial charge in [-0.2, -0.15) is 13.9 Å². The highest BCUT2D eigenvalue weighted by atomic mass is 19.3. The van der Waals surface area contributed by atoms with Gasteiger partial charge in [-0.25, -0.2) is 10.4 Å². The van der Waals surface area contributed by atoms with Crippen molar-refractivity contribution in [2.75, 3.05) is 5.43 Å². The van der Waals surface area contributed by atoms with E-state index in [1.165, 1.54) is 0 Å². The third-order valence-corrected chi connectivity index (χ3v) is 3.58. The van der Waals surface area contributed by atoms with E-state index in [9.17, 15) is 18.9 Å². The van der Waals surface area contributed by atoms with Crippen molar-refractivity contribution in [2.24, 2.45) is 12.1 Å². The predicted octanol–water partition coefficient (Wildman–Crippen LogP) is 3.53. The molecule has 0 saturated carbocycles. The van der Waals surface area contributed by atoms with Crippen LogP contribution in [-0.4, -0.2) is 27.3 Å². The van der Waals surface area contributed by atoms with Crippen LogP contribution in [0.5, 0.6) is 5.75 Å². The molecule has 0 saturated heterocycles. The number of fused-ring (bicyclic) bond motifs is 1. The minimum atomic E-state index is -3.06. The molecule has 8 nitrogen and oxygen atoms in total. The van der Waals surface area contributed by atoms with Gasteiger partial charge in [-0.15, -0.1) is 0 Å². The van der Waals surface area contributed by atoms with Crippen molar-refractivity contribution in [3.05, 3.63) is 58.1 Å². The molecule has 0 aliphatic rings. The van der Waals surface area contributed by atoms with Crippen LogP contribution in [0.3, 0.4) is 0 Å². The maximum Gasteiger partial charge on any atom is 0.387 e. The molecule has 2 aromatic carbocycles. The Morgan fingerprint density at radius 1 is 1.35 bits per heavy atom. The number of aromatic nitrogens is 2. The molecule has 1 N–H and O–H groups in total. The number of aryl methyl sites for hydroxylation is 1. The van der Waals surface area contributed by atoms with Crippen LogP contribution >= 0.6 is 0 Å². The summed E-state index contributed by atoms with van der Waals surface area (Å²) in [5.74, 6) is 0.199. The third-order valence-electron chi connectivity index (χ3n) is 3.58. The summed E-state index contributed by atoms with van der Waals surface area (Å²) >= 11 is 0. The first kappa shape index (κ1) is 17.3. The van der Waals surface area contributed by atoms with Crippen molar-refractivity contribution in [2.45, 2.75) is 6.61 Å². The van der Waals surface area contributed by atoms with Crippen LogP contribution in [0.2, 0.25) is 0 Å². The van der Waals surface area contributed by atoms with Crippen LogP contribution in [0.25, 0.3) is 11.0 Å². The average molecular weight is 361 g/mol. The van der Waals surface area contributed by atoms with E-state index < -0.39 is 11.5 Å². The molecule has 0 spiro atoms. The van der Waals surface area contributed by atoms with Gasteiger partial charge in [-0.05, 0) is 18.2 Å². The molecule has 1 heterocycles. The number of hydrogen-bond acceptors (Lipinski definition) is 6. The van der Waals surface area contributed by atoms with E-state index in [0.717, 1.165) is 35.4 Å². The highest BCUT2D eigenvalue weighted by Crippen LogP contribution is 2.24.